The van der Waals surface area contributed by atoms with Crippen molar-refractivity contribution < 1.29 is 13.9 Å². The first-order chi connectivity index (χ1) is 6.62. The normalized spacial score (nSPS) is 33.2. The minimum absolute atomic E-state index is 0.158. The highest BCUT2D eigenvalue weighted by Crippen LogP contribution is 2.35. The molecule has 1 unspecified atom stereocenters. The quantitative estimate of drug-likeness (QED) is 0.751. The van der Waals surface area contributed by atoms with Crippen molar-refractivity contribution in [3.63, 3.8) is 0 Å². The van der Waals surface area contributed by atoms with Crippen molar-refractivity contribution in [3.05, 3.63) is 0 Å². The van der Waals surface area contributed by atoms with Gasteiger partial charge in [-0.15, -0.1) is 0 Å². The lowest BCUT2D eigenvalue weighted by Gasteiger charge is -2.37. The molecule has 1 aliphatic carbocycles. The molecular formula is C10H17F2NO. The zero-order chi connectivity index (χ0) is 10.2. The van der Waals surface area contributed by atoms with Gasteiger partial charge < -0.3 is 5.11 Å². The summed E-state index contributed by atoms with van der Waals surface area (Å²) >= 11 is 0. The van der Waals surface area contributed by atoms with Gasteiger partial charge in [0.05, 0.1) is 13.2 Å². The topological polar surface area (TPSA) is 23.5 Å². The molecule has 1 saturated heterocycles. The number of aliphatic hydroxyl groups excluding tert-OH is 1. The summed E-state index contributed by atoms with van der Waals surface area (Å²) in [7, 11) is 0. The Bertz CT molecular complexity index is 206. The second-order valence-corrected chi connectivity index (χ2v) is 4.61. The maximum absolute atomic E-state index is 13.4. The number of hydrogen-bond acceptors (Lipinski definition) is 2. The highest BCUT2D eigenvalue weighted by Gasteiger charge is 2.44. The second kappa shape index (κ2) is 3.74. The second-order valence-electron chi connectivity index (χ2n) is 4.61. The van der Waals surface area contributed by atoms with Gasteiger partial charge in [0, 0.05) is 12.5 Å². The van der Waals surface area contributed by atoms with Crippen LogP contribution in [0.4, 0.5) is 8.78 Å². The first kappa shape index (κ1) is 10.3. The molecule has 2 fully saturated rings. The Kier molecular flexibility index (Phi) is 2.75. The van der Waals surface area contributed by atoms with Crippen LogP contribution in [0.2, 0.25) is 0 Å². The maximum atomic E-state index is 13.4. The molecule has 2 nitrogen and oxygen atoms in total. The van der Waals surface area contributed by atoms with Crippen molar-refractivity contribution in [2.75, 3.05) is 26.2 Å². The Hall–Kier alpha value is -0.220. The molecule has 4 heteroatoms. The number of aliphatic hydroxyl groups is 1. The van der Waals surface area contributed by atoms with Crippen molar-refractivity contribution in [2.45, 2.75) is 25.2 Å². The van der Waals surface area contributed by atoms with E-state index < -0.39 is 11.8 Å². The highest BCUT2D eigenvalue weighted by atomic mass is 19.3. The third-order valence-corrected chi connectivity index (χ3v) is 3.26. The standard InChI is InChI=1S/C10H17F2NO/c11-10(12)7-13(5-8-1-2-8)4-3-9(10)6-14/h8-9,14H,1-7H2. The van der Waals surface area contributed by atoms with Gasteiger partial charge in [0.1, 0.15) is 0 Å². The molecule has 1 heterocycles. The fourth-order valence-corrected chi connectivity index (χ4v) is 2.10. The van der Waals surface area contributed by atoms with Crippen molar-refractivity contribution in [1.82, 2.24) is 4.90 Å². The lowest BCUT2D eigenvalue weighted by Crippen LogP contribution is -2.50. The molecule has 0 aromatic rings. The van der Waals surface area contributed by atoms with Gasteiger partial charge in [0.15, 0.2) is 0 Å². The largest absolute Gasteiger partial charge is 0.396 e. The number of rotatable bonds is 3. The van der Waals surface area contributed by atoms with Crippen LogP contribution < -0.4 is 0 Å². The van der Waals surface area contributed by atoms with Crippen LogP contribution in [0.3, 0.4) is 0 Å². The minimum Gasteiger partial charge on any atom is -0.396 e. The van der Waals surface area contributed by atoms with E-state index in [4.69, 9.17) is 5.11 Å². The van der Waals surface area contributed by atoms with Crippen molar-refractivity contribution in [2.24, 2.45) is 11.8 Å². The monoisotopic (exact) mass is 205 g/mol. The van der Waals surface area contributed by atoms with Gasteiger partial charge >= 0.3 is 0 Å². The molecule has 2 rings (SSSR count). The molecule has 1 saturated carbocycles. The van der Waals surface area contributed by atoms with Crippen LogP contribution in [-0.4, -0.2) is 42.2 Å². The Labute approximate surface area is 82.9 Å². The zero-order valence-electron chi connectivity index (χ0n) is 8.25. The molecule has 1 aliphatic heterocycles. The summed E-state index contributed by atoms with van der Waals surface area (Å²) in [6, 6.07) is 0. The SMILES string of the molecule is OCC1CCN(CC2CC2)CC1(F)F. The third kappa shape index (κ3) is 2.23. The van der Waals surface area contributed by atoms with Crippen LogP contribution in [0.5, 0.6) is 0 Å². The highest BCUT2D eigenvalue weighted by molar-refractivity contribution is 4.88. The summed E-state index contributed by atoms with van der Waals surface area (Å²) in [4.78, 5) is 1.85. The average molecular weight is 205 g/mol. The molecule has 0 spiro atoms. The zero-order valence-corrected chi connectivity index (χ0v) is 8.25. The lowest BCUT2D eigenvalue weighted by atomic mass is 9.93. The smallest absolute Gasteiger partial charge is 0.265 e. The van der Waals surface area contributed by atoms with E-state index in [1.807, 2.05) is 4.90 Å². The Morgan fingerprint density at radius 2 is 2.00 bits per heavy atom. The van der Waals surface area contributed by atoms with Crippen molar-refractivity contribution >= 4 is 0 Å². The van der Waals surface area contributed by atoms with Crippen LogP contribution >= 0.6 is 0 Å². The Balaban J connectivity index is 1.87. The van der Waals surface area contributed by atoms with E-state index in [0.717, 1.165) is 13.1 Å². The van der Waals surface area contributed by atoms with Gasteiger partial charge in [-0.3, -0.25) is 4.90 Å². The van der Waals surface area contributed by atoms with E-state index in [1.54, 1.807) is 0 Å². The number of hydrogen-bond donors (Lipinski definition) is 1. The predicted octanol–water partition coefficient (Wildman–Crippen LogP) is 1.35. The average Bonchev–Trinajstić information content (AvgIpc) is 2.87. The minimum atomic E-state index is -2.69. The van der Waals surface area contributed by atoms with E-state index in [0.29, 0.717) is 12.3 Å². The molecule has 0 aromatic carbocycles. The predicted molar refractivity (Wildman–Crippen MR) is 49.3 cm³/mol. The van der Waals surface area contributed by atoms with E-state index in [2.05, 4.69) is 0 Å². The Morgan fingerprint density at radius 1 is 1.29 bits per heavy atom. The number of halogens is 2. The third-order valence-electron chi connectivity index (χ3n) is 3.26. The summed E-state index contributed by atoms with van der Waals surface area (Å²) in [5.41, 5.74) is 0. The van der Waals surface area contributed by atoms with E-state index in [1.165, 1.54) is 12.8 Å². The van der Waals surface area contributed by atoms with E-state index in [-0.39, 0.29) is 13.2 Å². The fourth-order valence-electron chi connectivity index (χ4n) is 2.10. The molecule has 0 radical (unpaired) electrons. The van der Waals surface area contributed by atoms with Crippen LogP contribution in [-0.2, 0) is 0 Å². The van der Waals surface area contributed by atoms with Gasteiger partial charge in [-0.1, -0.05) is 0 Å². The van der Waals surface area contributed by atoms with Crippen LogP contribution in [0.1, 0.15) is 19.3 Å². The van der Waals surface area contributed by atoms with Crippen LogP contribution in [0.15, 0.2) is 0 Å². The lowest BCUT2D eigenvalue weighted by molar-refractivity contribution is -0.124. The van der Waals surface area contributed by atoms with Crippen molar-refractivity contribution in [1.29, 1.82) is 0 Å². The summed E-state index contributed by atoms with van der Waals surface area (Å²) in [6.07, 6.45) is 2.83. The first-order valence-electron chi connectivity index (χ1n) is 5.33. The molecule has 1 atom stereocenters. The molecular weight excluding hydrogens is 188 g/mol. The summed E-state index contributed by atoms with van der Waals surface area (Å²) < 4.78 is 26.8. The fraction of sp³-hybridized carbons (Fsp3) is 1.00. The number of piperidine rings is 1. The molecule has 2 aliphatic rings. The van der Waals surface area contributed by atoms with Crippen LogP contribution in [0, 0.1) is 11.8 Å². The van der Waals surface area contributed by atoms with Gasteiger partial charge in [-0.25, -0.2) is 8.78 Å². The van der Waals surface area contributed by atoms with Gasteiger partial charge in [0.2, 0.25) is 0 Å². The Morgan fingerprint density at radius 3 is 2.50 bits per heavy atom. The van der Waals surface area contributed by atoms with E-state index >= 15 is 0 Å². The molecule has 1 N–H and O–H groups in total. The molecule has 14 heavy (non-hydrogen) atoms. The maximum Gasteiger partial charge on any atom is 0.265 e. The summed E-state index contributed by atoms with van der Waals surface area (Å²) in [6.45, 7) is 1.00. The van der Waals surface area contributed by atoms with Gasteiger partial charge in [-0.2, -0.15) is 0 Å². The van der Waals surface area contributed by atoms with Crippen LogP contribution in [0.25, 0.3) is 0 Å². The molecule has 82 valence electrons. The van der Waals surface area contributed by atoms with E-state index in [9.17, 15) is 8.78 Å². The molecule has 0 bridgehead atoms. The summed E-state index contributed by atoms with van der Waals surface area (Å²) in [5.74, 6) is -2.85. The number of likely N-dealkylation sites (tertiary alicyclic amines) is 1. The number of alkyl halides is 2. The first-order valence-corrected chi connectivity index (χ1v) is 5.33. The molecule has 0 aromatic heterocycles. The molecule has 0 amide bonds. The number of nitrogens with zero attached hydrogens (tertiary/aromatic N) is 1. The summed E-state index contributed by atoms with van der Waals surface area (Å²) in [5, 5.41) is 8.81. The van der Waals surface area contributed by atoms with Crippen molar-refractivity contribution in [3.8, 4) is 0 Å². The van der Waals surface area contributed by atoms with Gasteiger partial charge in [-0.05, 0) is 31.7 Å². The van der Waals surface area contributed by atoms with Gasteiger partial charge in [0.25, 0.3) is 5.92 Å².